The van der Waals surface area contributed by atoms with Crippen LogP contribution in [0.4, 0.5) is 0 Å². The largest absolute Gasteiger partial charge is 0.493 e. The summed E-state index contributed by atoms with van der Waals surface area (Å²) in [5, 5.41) is 4.59. The molecule has 2 N–H and O–H groups in total. The second-order valence-electron chi connectivity index (χ2n) is 12.7. The lowest BCUT2D eigenvalue weighted by atomic mass is 9.79. The molecule has 5 rings (SSSR count). The quantitative estimate of drug-likeness (QED) is 0.206. The maximum Gasteiger partial charge on any atom is 0.254 e. The van der Waals surface area contributed by atoms with Crippen molar-refractivity contribution in [3.63, 3.8) is 0 Å². The first-order chi connectivity index (χ1) is 22.6. The number of fused-ring (bicyclic) bond motifs is 2. The van der Waals surface area contributed by atoms with Crippen LogP contribution in [0.1, 0.15) is 43.6 Å². The van der Waals surface area contributed by atoms with Crippen molar-refractivity contribution >= 4 is 40.2 Å². The first kappa shape index (κ1) is 34.3. The molecule has 2 aromatic carbocycles. The third-order valence-corrected chi connectivity index (χ3v) is 9.30. The van der Waals surface area contributed by atoms with Crippen LogP contribution in [-0.4, -0.2) is 91.7 Å². The van der Waals surface area contributed by atoms with Crippen LogP contribution in [0.3, 0.4) is 0 Å². The van der Waals surface area contributed by atoms with Crippen molar-refractivity contribution in [1.29, 1.82) is 0 Å². The van der Waals surface area contributed by atoms with Crippen LogP contribution in [-0.2, 0) is 20.7 Å². The Morgan fingerprint density at radius 3 is 2.60 bits per heavy atom. The summed E-state index contributed by atoms with van der Waals surface area (Å²) < 4.78 is 17.0. The number of hydrogen-bond donors (Lipinski definition) is 2. The second kappa shape index (κ2) is 15.3. The van der Waals surface area contributed by atoms with E-state index in [0.717, 1.165) is 22.0 Å². The van der Waals surface area contributed by atoms with Gasteiger partial charge in [-0.25, -0.2) is 0 Å². The summed E-state index contributed by atoms with van der Waals surface area (Å²) in [6.07, 6.45) is 3.99. The van der Waals surface area contributed by atoms with Crippen molar-refractivity contribution < 1.29 is 28.6 Å². The van der Waals surface area contributed by atoms with Gasteiger partial charge in [-0.15, -0.1) is 0 Å². The first-order valence-electron chi connectivity index (χ1n) is 16.2. The number of aromatic nitrogens is 1. The zero-order chi connectivity index (χ0) is 33.7. The maximum atomic E-state index is 13.8. The molecule has 0 aliphatic carbocycles. The smallest absolute Gasteiger partial charge is 0.254 e. The number of likely N-dealkylation sites (tertiary alicyclic amines) is 2. The van der Waals surface area contributed by atoms with Gasteiger partial charge in [-0.1, -0.05) is 29.3 Å². The van der Waals surface area contributed by atoms with Gasteiger partial charge < -0.3 is 34.3 Å². The lowest BCUT2D eigenvalue weighted by molar-refractivity contribution is -0.138. The molecule has 0 spiro atoms. The van der Waals surface area contributed by atoms with Crippen molar-refractivity contribution in [2.24, 2.45) is 17.8 Å². The Hall–Kier alpha value is -4.02. The molecule has 3 unspecified atom stereocenters. The topological polar surface area (TPSA) is 113 Å². The molecule has 2 saturated heterocycles. The number of methoxy groups -OCH3 is 1. The summed E-state index contributed by atoms with van der Waals surface area (Å²) in [6, 6.07) is 10.8. The molecule has 3 heterocycles. The fourth-order valence-electron chi connectivity index (χ4n) is 6.53. The summed E-state index contributed by atoms with van der Waals surface area (Å²) in [4.78, 5) is 48.0. The average Bonchev–Trinajstić information content (AvgIpc) is 3.67. The number of amides is 3. The lowest BCUT2D eigenvalue weighted by Gasteiger charge is -2.39. The van der Waals surface area contributed by atoms with Crippen LogP contribution >= 0.6 is 11.6 Å². The van der Waals surface area contributed by atoms with Crippen molar-refractivity contribution in [2.45, 2.75) is 40.2 Å². The summed E-state index contributed by atoms with van der Waals surface area (Å²) in [5.74, 6) is 0.129. The van der Waals surface area contributed by atoms with E-state index in [0.29, 0.717) is 61.5 Å². The molecule has 0 saturated carbocycles. The highest BCUT2D eigenvalue weighted by Crippen LogP contribution is 2.37. The minimum Gasteiger partial charge on any atom is -0.493 e. The zero-order valence-electron chi connectivity index (χ0n) is 27.8. The molecule has 3 atom stereocenters. The lowest BCUT2D eigenvalue weighted by Crippen LogP contribution is -2.53. The Labute approximate surface area is 281 Å². The number of allylic oxidation sites excluding steroid dienone is 1. The summed E-state index contributed by atoms with van der Waals surface area (Å²) in [5.41, 5.74) is 3.35. The highest BCUT2D eigenvalue weighted by molar-refractivity contribution is 6.31. The van der Waals surface area contributed by atoms with E-state index < -0.39 is 5.92 Å². The van der Waals surface area contributed by atoms with Gasteiger partial charge in [-0.05, 0) is 75.4 Å². The van der Waals surface area contributed by atoms with E-state index in [2.05, 4.69) is 10.3 Å². The van der Waals surface area contributed by atoms with E-state index in [1.807, 2.05) is 58.2 Å². The van der Waals surface area contributed by atoms with Gasteiger partial charge >= 0.3 is 0 Å². The molecule has 0 bridgehead atoms. The molecule has 1 aromatic heterocycles. The van der Waals surface area contributed by atoms with E-state index in [1.54, 1.807) is 35.1 Å². The number of rotatable bonds is 12. The minimum atomic E-state index is -0.467. The van der Waals surface area contributed by atoms with E-state index in [1.165, 1.54) is 0 Å². The summed E-state index contributed by atoms with van der Waals surface area (Å²) >= 11 is 6.16. The number of hydrogen-bond acceptors (Lipinski definition) is 6. The van der Waals surface area contributed by atoms with Crippen molar-refractivity contribution in [3.8, 4) is 11.5 Å². The number of benzene rings is 2. The Kier molecular flexibility index (Phi) is 11.1. The van der Waals surface area contributed by atoms with Gasteiger partial charge in [0.15, 0.2) is 11.5 Å². The fraction of sp³-hybridized carbons (Fsp3) is 0.472. The second-order valence-corrected chi connectivity index (χ2v) is 13.2. The van der Waals surface area contributed by atoms with E-state index in [4.69, 9.17) is 25.8 Å². The summed E-state index contributed by atoms with van der Waals surface area (Å²) in [7, 11) is 1.55. The van der Waals surface area contributed by atoms with Gasteiger partial charge in [0.25, 0.3) is 5.91 Å². The molecule has 11 heteroatoms. The van der Waals surface area contributed by atoms with Gasteiger partial charge in [0, 0.05) is 60.4 Å². The Morgan fingerprint density at radius 1 is 1.06 bits per heavy atom. The standard InChI is InChI=1S/C36H45ClN4O6/c1-6-23(4)21-46-12-11-38-35(43)30-20-40(34(42)14-25-16-39-31-15-27(37)8-9-28(25)31)17-26-18-41(19-29(26)30)36(44)24-7-10-32(47-22(2)3)33(13-24)45-5/h6-10,13,15-16,22,26,29-30,39H,11-12,14,17-21H2,1-5H3,(H,38,43)/b23-6+. The Balaban J connectivity index is 1.32. The number of piperidine rings is 1. The Bertz CT molecular complexity index is 1630. The zero-order valence-corrected chi connectivity index (χ0v) is 28.6. The van der Waals surface area contributed by atoms with Gasteiger partial charge in [0.05, 0.1) is 38.8 Å². The maximum absolute atomic E-state index is 13.8. The van der Waals surface area contributed by atoms with Crippen molar-refractivity contribution in [2.75, 3.05) is 53.0 Å². The number of aromatic amines is 1. The number of carbonyl (C=O) groups excluding carboxylic acids is 3. The van der Waals surface area contributed by atoms with Crippen molar-refractivity contribution in [1.82, 2.24) is 20.1 Å². The molecule has 2 fully saturated rings. The number of ether oxygens (including phenoxy) is 3. The van der Waals surface area contributed by atoms with E-state index >= 15 is 0 Å². The number of halogens is 1. The molecule has 252 valence electrons. The van der Waals surface area contributed by atoms with Crippen LogP contribution in [0, 0.1) is 17.8 Å². The molecular formula is C36H45ClN4O6. The molecule has 3 aromatic rings. The molecule has 2 aliphatic rings. The van der Waals surface area contributed by atoms with Gasteiger partial charge in [-0.3, -0.25) is 14.4 Å². The van der Waals surface area contributed by atoms with Crippen LogP contribution in [0.5, 0.6) is 11.5 Å². The fourth-order valence-corrected chi connectivity index (χ4v) is 6.70. The molecule has 10 nitrogen and oxygen atoms in total. The molecule has 2 aliphatic heterocycles. The van der Waals surface area contributed by atoms with E-state index in [-0.39, 0.29) is 48.6 Å². The number of nitrogens with one attached hydrogen (secondary N) is 2. The monoisotopic (exact) mass is 664 g/mol. The van der Waals surface area contributed by atoms with Crippen LogP contribution in [0.15, 0.2) is 54.2 Å². The highest BCUT2D eigenvalue weighted by atomic mass is 35.5. The number of carbonyl (C=O) groups is 3. The summed E-state index contributed by atoms with van der Waals surface area (Å²) in [6.45, 7) is 10.7. The predicted octanol–water partition coefficient (Wildman–Crippen LogP) is 5.11. The molecule has 3 amide bonds. The van der Waals surface area contributed by atoms with Crippen LogP contribution in [0.2, 0.25) is 5.02 Å². The van der Waals surface area contributed by atoms with Gasteiger partial charge in [-0.2, -0.15) is 0 Å². The van der Waals surface area contributed by atoms with Crippen LogP contribution in [0.25, 0.3) is 10.9 Å². The number of nitrogens with zero attached hydrogens (tertiary/aromatic N) is 2. The molecule has 0 radical (unpaired) electrons. The highest BCUT2D eigenvalue weighted by Gasteiger charge is 2.47. The SMILES string of the molecule is C/C=C(\C)COCCNC(=O)C1CN(C(=O)Cc2c[nH]c3cc(Cl)ccc23)CC2CN(C(=O)c3ccc(OC(C)C)c(OC)c3)CC21. The average molecular weight is 665 g/mol. The van der Waals surface area contributed by atoms with Gasteiger partial charge in [0.1, 0.15) is 0 Å². The normalized spacial score (nSPS) is 19.6. The molecular weight excluding hydrogens is 620 g/mol. The third-order valence-electron chi connectivity index (χ3n) is 9.07. The molecule has 47 heavy (non-hydrogen) atoms. The van der Waals surface area contributed by atoms with Crippen LogP contribution < -0.4 is 14.8 Å². The van der Waals surface area contributed by atoms with Crippen molar-refractivity contribution in [3.05, 3.63) is 70.4 Å². The van der Waals surface area contributed by atoms with Gasteiger partial charge in [0.2, 0.25) is 11.8 Å². The number of H-pyrrole nitrogens is 1. The van der Waals surface area contributed by atoms with E-state index in [9.17, 15) is 14.4 Å². The predicted molar refractivity (Wildman–Crippen MR) is 182 cm³/mol. The first-order valence-corrected chi connectivity index (χ1v) is 16.6. The minimum absolute atomic E-state index is 0.0424. The Morgan fingerprint density at radius 2 is 1.85 bits per heavy atom. The third kappa shape index (κ3) is 8.11.